The maximum Gasteiger partial charge on any atom is 0.250 e. The Morgan fingerprint density at radius 3 is 2.36 bits per heavy atom. The molecule has 0 saturated carbocycles. The van der Waals surface area contributed by atoms with Gasteiger partial charge < -0.3 is 4.90 Å². The Kier molecular flexibility index (Phi) is 7.07. The van der Waals surface area contributed by atoms with E-state index in [0.29, 0.717) is 5.75 Å². The zero-order chi connectivity index (χ0) is 18.2. The van der Waals surface area contributed by atoms with Crippen LogP contribution >= 0.6 is 11.8 Å². The van der Waals surface area contributed by atoms with Crippen LogP contribution in [0.15, 0.2) is 47.6 Å². The Hall–Kier alpha value is -2.27. The zero-order valence-electron chi connectivity index (χ0n) is 15.2. The maximum absolute atomic E-state index is 11.8. The van der Waals surface area contributed by atoms with Gasteiger partial charge in [0.1, 0.15) is 0 Å². The van der Waals surface area contributed by atoms with Crippen LogP contribution in [0, 0.1) is 13.8 Å². The fourth-order valence-corrected chi connectivity index (χ4v) is 3.24. The summed E-state index contributed by atoms with van der Waals surface area (Å²) in [6.45, 7) is 4.18. The van der Waals surface area contributed by atoms with Crippen LogP contribution < -0.4 is 10.3 Å². The molecule has 0 unspecified atom stereocenters. The molecule has 0 aliphatic heterocycles. The van der Waals surface area contributed by atoms with Crippen molar-refractivity contribution in [1.82, 2.24) is 5.43 Å². The van der Waals surface area contributed by atoms with Crippen LogP contribution in [0.3, 0.4) is 0 Å². The average molecular weight is 356 g/mol. The van der Waals surface area contributed by atoms with Crippen molar-refractivity contribution in [2.75, 3.05) is 24.7 Å². The van der Waals surface area contributed by atoms with Gasteiger partial charge in [-0.25, -0.2) is 5.43 Å². The number of carbonyl (C=O) groups excluding carboxylic acids is 1. The second-order valence-corrected chi connectivity index (χ2v) is 7.25. The number of hydrogen-bond donors (Lipinski definition) is 1. The van der Waals surface area contributed by atoms with Crippen LogP contribution in [0.25, 0.3) is 0 Å². The molecule has 5 heteroatoms. The molecule has 132 valence electrons. The molecular formula is C20H25N3OS. The van der Waals surface area contributed by atoms with Crippen molar-refractivity contribution in [3.8, 4) is 0 Å². The molecule has 2 rings (SSSR count). The second kappa shape index (κ2) is 9.28. The lowest BCUT2D eigenvalue weighted by molar-refractivity contribution is -0.118. The number of carbonyl (C=O) groups is 1. The first kappa shape index (κ1) is 19.1. The van der Waals surface area contributed by atoms with Gasteiger partial charge in [0.2, 0.25) is 5.91 Å². The topological polar surface area (TPSA) is 44.7 Å². The molecule has 0 aliphatic carbocycles. The van der Waals surface area contributed by atoms with Crippen LogP contribution in [0.5, 0.6) is 0 Å². The number of thioether (sulfide) groups is 1. The monoisotopic (exact) mass is 355 g/mol. The lowest BCUT2D eigenvalue weighted by Gasteiger charge is -2.11. The van der Waals surface area contributed by atoms with Gasteiger partial charge in [-0.15, -0.1) is 11.8 Å². The van der Waals surface area contributed by atoms with E-state index >= 15 is 0 Å². The first-order valence-electron chi connectivity index (χ1n) is 8.18. The third-order valence-corrected chi connectivity index (χ3v) is 4.60. The molecule has 25 heavy (non-hydrogen) atoms. The molecule has 0 aromatic heterocycles. The highest BCUT2D eigenvalue weighted by Crippen LogP contribution is 2.15. The van der Waals surface area contributed by atoms with Crippen molar-refractivity contribution >= 4 is 29.6 Å². The van der Waals surface area contributed by atoms with E-state index in [0.717, 1.165) is 17.0 Å². The molecular weight excluding hydrogens is 330 g/mol. The molecule has 1 N–H and O–H groups in total. The SMILES string of the molecule is Cc1cc(C)cc(CSCC(=O)N/N=C\c2ccc(N(C)C)cc2)c1. The summed E-state index contributed by atoms with van der Waals surface area (Å²) in [7, 11) is 4.00. The standard InChI is InChI=1S/C20H25N3OS/c1-15-9-16(2)11-18(10-15)13-25-14-20(24)22-21-12-17-5-7-19(8-6-17)23(3)4/h5-12H,13-14H2,1-4H3,(H,22,24)/b21-12-. The minimum absolute atomic E-state index is 0.0875. The highest BCUT2D eigenvalue weighted by atomic mass is 32.2. The first-order valence-corrected chi connectivity index (χ1v) is 9.34. The lowest BCUT2D eigenvalue weighted by Crippen LogP contribution is -2.19. The van der Waals surface area contributed by atoms with Gasteiger partial charge in [-0.3, -0.25) is 4.79 Å². The number of amides is 1. The molecule has 0 spiro atoms. The predicted molar refractivity (Wildman–Crippen MR) is 109 cm³/mol. The summed E-state index contributed by atoms with van der Waals surface area (Å²) in [6, 6.07) is 14.5. The van der Waals surface area contributed by atoms with Crippen molar-refractivity contribution in [2.45, 2.75) is 19.6 Å². The summed E-state index contributed by atoms with van der Waals surface area (Å²) in [5.41, 5.74) is 8.42. The van der Waals surface area contributed by atoms with Gasteiger partial charge in [0.05, 0.1) is 12.0 Å². The van der Waals surface area contributed by atoms with Gasteiger partial charge in [-0.1, -0.05) is 41.5 Å². The fraction of sp³-hybridized carbons (Fsp3) is 0.300. The molecule has 2 aromatic rings. The summed E-state index contributed by atoms with van der Waals surface area (Å²) in [4.78, 5) is 13.9. The van der Waals surface area contributed by atoms with Crippen molar-refractivity contribution in [3.05, 3.63) is 64.7 Å². The van der Waals surface area contributed by atoms with Gasteiger partial charge in [-0.05, 0) is 37.1 Å². The Bertz CT molecular complexity index is 719. The Morgan fingerprint density at radius 1 is 1.12 bits per heavy atom. The van der Waals surface area contributed by atoms with Crippen molar-refractivity contribution in [3.63, 3.8) is 0 Å². The fourth-order valence-electron chi connectivity index (χ4n) is 2.48. The summed E-state index contributed by atoms with van der Waals surface area (Å²) in [5.74, 6) is 1.13. The molecule has 4 nitrogen and oxygen atoms in total. The number of aryl methyl sites for hydroxylation is 2. The van der Waals surface area contributed by atoms with E-state index < -0.39 is 0 Å². The van der Waals surface area contributed by atoms with E-state index in [4.69, 9.17) is 0 Å². The van der Waals surface area contributed by atoms with Crippen LogP contribution in [-0.4, -0.2) is 32.0 Å². The number of anilines is 1. The third-order valence-electron chi connectivity index (χ3n) is 3.60. The number of benzene rings is 2. The lowest BCUT2D eigenvalue weighted by atomic mass is 10.1. The first-order chi connectivity index (χ1) is 11.9. The highest BCUT2D eigenvalue weighted by Gasteiger charge is 2.02. The molecule has 2 aromatic carbocycles. The number of nitrogens with one attached hydrogen (secondary N) is 1. The normalized spacial score (nSPS) is 10.9. The van der Waals surface area contributed by atoms with E-state index in [9.17, 15) is 4.79 Å². The molecule has 0 aliphatic rings. The highest BCUT2D eigenvalue weighted by molar-refractivity contribution is 7.99. The minimum Gasteiger partial charge on any atom is -0.378 e. The molecule has 0 fully saturated rings. The molecule has 0 atom stereocenters. The maximum atomic E-state index is 11.8. The third kappa shape index (κ3) is 6.63. The minimum atomic E-state index is -0.0875. The van der Waals surface area contributed by atoms with Crippen LogP contribution in [0.4, 0.5) is 5.69 Å². The van der Waals surface area contributed by atoms with Crippen LogP contribution in [0.2, 0.25) is 0 Å². The number of nitrogens with zero attached hydrogens (tertiary/aromatic N) is 2. The van der Waals surface area contributed by atoms with Crippen molar-refractivity contribution in [1.29, 1.82) is 0 Å². The van der Waals surface area contributed by atoms with Gasteiger partial charge in [0, 0.05) is 25.5 Å². The molecule has 1 amide bonds. The van der Waals surface area contributed by atoms with Crippen molar-refractivity contribution in [2.24, 2.45) is 5.10 Å². The quantitative estimate of drug-likeness (QED) is 0.608. The van der Waals surface area contributed by atoms with Gasteiger partial charge >= 0.3 is 0 Å². The van der Waals surface area contributed by atoms with Gasteiger partial charge in [-0.2, -0.15) is 5.10 Å². The smallest absolute Gasteiger partial charge is 0.250 e. The summed E-state index contributed by atoms with van der Waals surface area (Å²) in [6.07, 6.45) is 1.66. The van der Waals surface area contributed by atoms with E-state index in [1.807, 2.05) is 43.3 Å². The Labute approximate surface area is 154 Å². The van der Waals surface area contributed by atoms with Gasteiger partial charge in [0.15, 0.2) is 0 Å². The van der Waals surface area contributed by atoms with E-state index in [1.165, 1.54) is 16.7 Å². The van der Waals surface area contributed by atoms with Crippen molar-refractivity contribution < 1.29 is 4.79 Å². The average Bonchev–Trinajstić information content (AvgIpc) is 2.54. The molecule has 0 radical (unpaired) electrons. The zero-order valence-corrected chi connectivity index (χ0v) is 16.1. The number of hydrazone groups is 1. The summed E-state index contributed by atoms with van der Waals surface area (Å²) in [5, 5.41) is 4.02. The predicted octanol–water partition coefficient (Wildman–Crippen LogP) is 3.75. The summed E-state index contributed by atoms with van der Waals surface area (Å²) < 4.78 is 0. The summed E-state index contributed by atoms with van der Waals surface area (Å²) >= 11 is 1.59. The Balaban J connectivity index is 1.74. The molecule has 0 heterocycles. The second-order valence-electron chi connectivity index (χ2n) is 6.27. The van der Waals surface area contributed by atoms with E-state index in [2.05, 4.69) is 42.6 Å². The van der Waals surface area contributed by atoms with Crippen LogP contribution in [-0.2, 0) is 10.5 Å². The van der Waals surface area contributed by atoms with E-state index in [-0.39, 0.29) is 5.91 Å². The van der Waals surface area contributed by atoms with Crippen LogP contribution in [0.1, 0.15) is 22.3 Å². The largest absolute Gasteiger partial charge is 0.378 e. The Morgan fingerprint density at radius 2 is 1.76 bits per heavy atom. The number of hydrogen-bond acceptors (Lipinski definition) is 4. The van der Waals surface area contributed by atoms with Gasteiger partial charge in [0.25, 0.3) is 0 Å². The van der Waals surface area contributed by atoms with E-state index in [1.54, 1.807) is 18.0 Å². The molecule has 0 saturated heterocycles. The molecule has 0 bridgehead atoms. The number of rotatable bonds is 7.